The highest BCUT2D eigenvalue weighted by atomic mass is 35.5. The third kappa shape index (κ3) is 4.00. The Labute approximate surface area is 104 Å². The molecule has 0 fully saturated rings. The summed E-state index contributed by atoms with van der Waals surface area (Å²) >= 11 is 11.9. The Kier molecular flexibility index (Phi) is 5.06. The Hall–Kier alpha value is -0.770. The van der Waals surface area contributed by atoms with Crippen molar-refractivity contribution in [3.05, 3.63) is 33.8 Å². The second-order valence-corrected chi connectivity index (χ2v) is 4.39. The van der Waals surface area contributed by atoms with Crippen molar-refractivity contribution in [1.82, 2.24) is 0 Å². The molecule has 88 valence electrons. The summed E-state index contributed by atoms with van der Waals surface area (Å²) in [5.74, 6) is -0.840. The second-order valence-electron chi connectivity index (χ2n) is 3.61. The number of aliphatic carboxylic acids is 1. The molecule has 0 saturated heterocycles. The van der Waals surface area contributed by atoms with E-state index in [2.05, 4.69) is 0 Å². The maximum absolute atomic E-state index is 10.4. The molecule has 0 bridgehead atoms. The van der Waals surface area contributed by atoms with E-state index >= 15 is 0 Å². The first-order chi connectivity index (χ1) is 7.50. The standard InChI is InChI=1S/C11H13Cl2NO2/c12-9-3-1-2-7(11(9)13)6-8(14)4-5-10(15)16/h1-3,8H,4-6,14H2,(H,15,16). The fourth-order valence-electron chi connectivity index (χ4n) is 1.40. The van der Waals surface area contributed by atoms with E-state index in [1.165, 1.54) is 0 Å². The lowest BCUT2D eigenvalue weighted by Crippen LogP contribution is -2.23. The molecule has 0 aliphatic rings. The molecular weight excluding hydrogens is 249 g/mol. The van der Waals surface area contributed by atoms with Gasteiger partial charge in [0.1, 0.15) is 0 Å². The summed E-state index contributed by atoms with van der Waals surface area (Å²) in [7, 11) is 0. The van der Waals surface area contributed by atoms with E-state index < -0.39 is 5.97 Å². The highest BCUT2D eigenvalue weighted by molar-refractivity contribution is 6.42. The molecule has 1 aromatic rings. The Morgan fingerprint density at radius 1 is 1.44 bits per heavy atom. The number of benzene rings is 1. The van der Waals surface area contributed by atoms with Gasteiger partial charge in [-0.05, 0) is 24.5 Å². The normalized spacial score (nSPS) is 12.4. The summed E-state index contributed by atoms with van der Waals surface area (Å²) in [4.78, 5) is 10.4. The van der Waals surface area contributed by atoms with Gasteiger partial charge < -0.3 is 10.8 Å². The van der Waals surface area contributed by atoms with Crippen LogP contribution < -0.4 is 5.73 Å². The maximum Gasteiger partial charge on any atom is 0.303 e. The Bertz CT molecular complexity index is 382. The molecule has 1 aromatic carbocycles. The van der Waals surface area contributed by atoms with Gasteiger partial charge in [-0.15, -0.1) is 0 Å². The molecule has 0 aliphatic heterocycles. The summed E-state index contributed by atoms with van der Waals surface area (Å²) in [5.41, 5.74) is 6.66. The van der Waals surface area contributed by atoms with Crippen LogP contribution in [0.15, 0.2) is 18.2 Å². The Balaban J connectivity index is 2.59. The van der Waals surface area contributed by atoms with Crippen molar-refractivity contribution in [3.63, 3.8) is 0 Å². The number of carboxylic acids is 1. The molecule has 0 saturated carbocycles. The van der Waals surface area contributed by atoms with Gasteiger partial charge in [-0.3, -0.25) is 4.79 Å². The van der Waals surface area contributed by atoms with E-state index in [4.69, 9.17) is 34.0 Å². The highest BCUT2D eigenvalue weighted by Gasteiger charge is 2.10. The molecule has 3 N–H and O–H groups in total. The number of carbonyl (C=O) groups is 1. The van der Waals surface area contributed by atoms with Crippen LogP contribution in [-0.4, -0.2) is 17.1 Å². The van der Waals surface area contributed by atoms with Crippen LogP contribution in [0.25, 0.3) is 0 Å². The summed E-state index contributed by atoms with van der Waals surface area (Å²) < 4.78 is 0. The first-order valence-corrected chi connectivity index (χ1v) is 5.66. The highest BCUT2D eigenvalue weighted by Crippen LogP contribution is 2.26. The first-order valence-electron chi connectivity index (χ1n) is 4.91. The SMILES string of the molecule is NC(CCC(=O)O)Cc1cccc(Cl)c1Cl. The van der Waals surface area contributed by atoms with E-state index in [1.807, 2.05) is 6.07 Å². The van der Waals surface area contributed by atoms with E-state index in [0.29, 0.717) is 22.9 Å². The zero-order valence-electron chi connectivity index (χ0n) is 8.62. The van der Waals surface area contributed by atoms with Gasteiger partial charge >= 0.3 is 5.97 Å². The lowest BCUT2D eigenvalue weighted by Gasteiger charge is -2.12. The minimum atomic E-state index is -0.840. The number of nitrogens with two attached hydrogens (primary N) is 1. The fraction of sp³-hybridized carbons (Fsp3) is 0.364. The van der Waals surface area contributed by atoms with E-state index in [1.54, 1.807) is 12.1 Å². The third-order valence-electron chi connectivity index (χ3n) is 2.24. The van der Waals surface area contributed by atoms with Gasteiger partial charge in [0.15, 0.2) is 0 Å². The van der Waals surface area contributed by atoms with Gasteiger partial charge in [0.25, 0.3) is 0 Å². The van der Waals surface area contributed by atoms with Crippen LogP contribution in [0.2, 0.25) is 10.0 Å². The van der Waals surface area contributed by atoms with Gasteiger partial charge in [0, 0.05) is 12.5 Å². The van der Waals surface area contributed by atoms with Crippen molar-refractivity contribution in [1.29, 1.82) is 0 Å². The molecule has 0 spiro atoms. The zero-order valence-corrected chi connectivity index (χ0v) is 10.1. The summed E-state index contributed by atoms with van der Waals surface area (Å²) in [5, 5.41) is 9.51. The van der Waals surface area contributed by atoms with Crippen LogP contribution >= 0.6 is 23.2 Å². The molecule has 5 heteroatoms. The molecule has 3 nitrogen and oxygen atoms in total. The quantitative estimate of drug-likeness (QED) is 0.857. The van der Waals surface area contributed by atoms with Crippen LogP contribution in [-0.2, 0) is 11.2 Å². The first kappa shape index (κ1) is 13.3. The molecule has 0 aromatic heterocycles. The van der Waals surface area contributed by atoms with Crippen LogP contribution in [0, 0.1) is 0 Å². The van der Waals surface area contributed by atoms with Crippen molar-refractivity contribution in [2.45, 2.75) is 25.3 Å². The number of halogens is 2. The third-order valence-corrected chi connectivity index (χ3v) is 3.10. The van der Waals surface area contributed by atoms with Gasteiger partial charge in [0.2, 0.25) is 0 Å². The Morgan fingerprint density at radius 3 is 2.75 bits per heavy atom. The predicted molar refractivity (Wildman–Crippen MR) is 65.0 cm³/mol. The lowest BCUT2D eigenvalue weighted by molar-refractivity contribution is -0.137. The maximum atomic E-state index is 10.4. The minimum absolute atomic E-state index is 0.0688. The van der Waals surface area contributed by atoms with Crippen LogP contribution in [0.1, 0.15) is 18.4 Å². The molecule has 1 unspecified atom stereocenters. The molecule has 0 radical (unpaired) electrons. The predicted octanol–water partition coefficient (Wildman–Crippen LogP) is 2.73. The number of rotatable bonds is 5. The molecule has 16 heavy (non-hydrogen) atoms. The van der Waals surface area contributed by atoms with Gasteiger partial charge in [-0.25, -0.2) is 0 Å². The largest absolute Gasteiger partial charge is 0.481 e. The Morgan fingerprint density at radius 2 is 2.12 bits per heavy atom. The molecule has 0 amide bonds. The van der Waals surface area contributed by atoms with Gasteiger partial charge in [-0.2, -0.15) is 0 Å². The van der Waals surface area contributed by atoms with Crippen molar-refractivity contribution in [2.24, 2.45) is 5.73 Å². The van der Waals surface area contributed by atoms with Gasteiger partial charge in [0.05, 0.1) is 10.0 Å². The summed E-state index contributed by atoms with van der Waals surface area (Å²) in [6, 6.07) is 5.13. The number of hydrogen-bond donors (Lipinski definition) is 2. The topological polar surface area (TPSA) is 63.3 Å². The molecule has 1 atom stereocenters. The molecule has 0 aliphatic carbocycles. The van der Waals surface area contributed by atoms with Crippen LogP contribution in [0.5, 0.6) is 0 Å². The van der Waals surface area contributed by atoms with Crippen molar-refractivity contribution >= 4 is 29.2 Å². The lowest BCUT2D eigenvalue weighted by atomic mass is 10.0. The zero-order chi connectivity index (χ0) is 12.1. The van der Waals surface area contributed by atoms with Crippen molar-refractivity contribution in [2.75, 3.05) is 0 Å². The average molecular weight is 262 g/mol. The van der Waals surface area contributed by atoms with Crippen LogP contribution in [0.4, 0.5) is 0 Å². The van der Waals surface area contributed by atoms with Crippen molar-refractivity contribution in [3.8, 4) is 0 Å². The van der Waals surface area contributed by atoms with E-state index in [9.17, 15) is 4.79 Å². The second kappa shape index (κ2) is 6.09. The smallest absolute Gasteiger partial charge is 0.303 e. The van der Waals surface area contributed by atoms with Crippen LogP contribution in [0.3, 0.4) is 0 Å². The minimum Gasteiger partial charge on any atom is -0.481 e. The van der Waals surface area contributed by atoms with E-state index in [0.717, 1.165) is 5.56 Å². The molecular formula is C11H13Cl2NO2. The monoisotopic (exact) mass is 261 g/mol. The number of hydrogen-bond acceptors (Lipinski definition) is 2. The fourth-order valence-corrected chi connectivity index (χ4v) is 1.80. The summed E-state index contributed by atoms with van der Waals surface area (Å²) in [6.45, 7) is 0. The number of carboxylic acid groups (broad SMARTS) is 1. The van der Waals surface area contributed by atoms with E-state index in [-0.39, 0.29) is 12.5 Å². The summed E-state index contributed by atoms with van der Waals surface area (Å²) in [6.07, 6.45) is 1.03. The van der Waals surface area contributed by atoms with Crippen molar-refractivity contribution < 1.29 is 9.90 Å². The molecule has 1 rings (SSSR count). The van der Waals surface area contributed by atoms with Gasteiger partial charge in [-0.1, -0.05) is 35.3 Å². The average Bonchev–Trinajstić information content (AvgIpc) is 2.22. The molecule has 0 heterocycles.